The Balaban J connectivity index is 1.80. The van der Waals surface area contributed by atoms with Crippen molar-refractivity contribution < 1.29 is 28.9 Å². The Hall–Kier alpha value is -4.79. The monoisotopic (exact) mass is 527 g/mol. The van der Waals surface area contributed by atoms with Crippen LogP contribution in [0.25, 0.3) is 16.8 Å². The number of aromatic nitrogens is 2. The number of benzene rings is 3. The standard InChI is InChI=1S/C30H29N3O6/c1-15-7-9-20-21(13-15)32-30(31-20)33-25(18-8-10-22(37-4)23(14-18)38-5)24(27(35)29(33)36)26(34)19-12-16(2)11-17(3)28(19)39-6/h7-14,25,34H,1-6H3,(H,31,32)/b26-24+. The van der Waals surface area contributed by atoms with E-state index >= 15 is 0 Å². The Bertz CT molecular complexity index is 1670. The zero-order valence-electron chi connectivity index (χ0n) is 22.6. The Kier molecular flexibility index (Phi) is 6.51. The highest BCUT2D eigenvalue weighted by Gasteiger charge is 2.48. The van der Waals surface area contributed by atoms with Gasteiger partial charge in [0.1, 0.15) is 11.5 Å². The molecule has 1 aliphatic heterocycles. The van der Waals surface area contributed by atoms with Crippen molar-refractivity contribution in [3.8, 4) is 17.2 Å². The quantitative estimate of drug-likeness (QED) is 0.203. The summed E-state index contributed by atoms with van der Waals surface area (Å²) in [6, 6.07) is 13.4. The second-order valence-electron chi connectivity index (χ2n) is 9.53. The molecule has 0 saturated carbocycles. The first-order valence-electron chi connectivity index (χ1n) is 12.3. The maximum absolute atomic E-state index is 13.7. The molecule has 9 nitrogen and oxygen atoms in total. The van der Waals surface area contributed by atoms with Crippen LogP contribution in [-0.4, -0.2) is 48.1 Å². The molecule has 0 spiro atoms. The molecule has 1 aromatic heterocycles. The summed E-state index contributed by atoms with van der Waals surface area (Å²) in [5, 5.41) is 11.7. The molecule has 5 rings (SSSR count). The number of aryl methyl sites for hydroxylation is 3. The van der Waals surface area contributed by atoms with E-state index < -0.39 is 17.7 Å². The summed E-state index contributed by atoms with van der Waals surface area (Å²) in [4.78, 5) is 36.4. The molecule has 0 radical (unpaired) electrons. The third kappa shape index (κ3) is 4.25. The van der Waals surface area contributed by atoms with Gasteiger partial charge in [0.05, 0.1) is 49.5 Å². The summed E-state index contributed by atoms with van der Waals surface area (Å²) in [7, 11) is 4.52. The lowest BCUT2D eigenvalue weighted by atomic mass is 9.93. The number of nitrogens with zero attached hydrogens (tertiary/aromatic N) is 2. The highest BCUT2D eigenvalue weighted by Crippen LogP contribution is 2.45. The minimum Gasteiger partial charge on any atom is -0.507 e. The Labute approximate surface area is 225 Å². The van der Waals surface area contributed by atoms with Gasteiger partial charge < -0.3 is 24.3 Å². The van der Waals surface area contributed by atoms with Crippen LogP contribution in [0.15, 0.2) is 54.1 Å². The number of rotatable bonds is 6. The number of Topliss-reactive ketones (excluding diaryl/α,β-unsaturated/α-hetero) is 1. The van der Waals surface area contributed by atoms with Crippen LogP contribution in [0.5, 0.6) is 17.2 Å². The first-order chi connectivity index (χ1) is 18.7. The number of aliphatic hydroxyl groups excluding tert-OH is 1. The van der Waals surface area contributed by atoms with Gasteiger partial charge in [-0.25, -0.2) is 4.98 Å². The molecule has 39 heavy (non-hydrogen) atoms. The fraction of sp³-hybridized carbons (Fsp3) is 0.233. The van der Waals surface area contributed by atoms with Gasteiger partial charge in [-0.05, 0) is 73.4 Å². The molecular weight excluding hydrogens is 498 g/mol. The second kappa shape index (κ2) is 9.83. The van der Waals surface area contributed by atoms with Crippen molar-refractivity contribution in [1.29, 1.82) is 0 Å². The number of nitrogens with one attached hydrogen (secondary N) is 1. The molecule has 4 aromatic rings. The maximum atomic E-state index is 13.7. The van der Waals surface area contributed by atoms with E-state index in [1.807, 2.05) is 45.0 Å². The molecule has 3 aromatic carbocycles. The number of aromatic amines is 1. The molecule has 9 heteroatoms. The Morgan fingerprint density at radius 2 is 1.64 bits per heavy atom. The Morgan fingerprint density at radius 1 is 0.897 bits per heavy atom. The van der Waals surface area contributed by atoms with Crippen molar-refractivity contribution in [1.82, 2.24) is 9.97 Å². The van der Waals surface area contributed by atoms with Gasteiger partial charge in [-0.3, -0.25) is 14.5 Å². The normalized spacial score (nSPS) is 16.7. The summed E-state index contributed by atoms with van der Waals surface area (Å²) < 4.78 is 16.5. The molecule has 200 valence electrons. The molecule has 0 aliphatic carbocycles. The van der Waals surface area contributed by atoms with Gasteiger partial charge in [-0.2, -0.15) is 0 Å². The third-order valence-electron chi connectivity index (χ3n) is 6.90. The molecule has 1 saturated heterocycles. The van der Waals surface area contributed by atoms with Crippen molar-refractivity contribution in [3.05, 3.63) is 81.9 Å². The number of ether oxygens (including phenoxy) is 3. The molecular formula is C30H29N3O6. The summed E-state index contributed by atoms with van der Waals surface area (Å²) in [5.41, 5.74) is 4.76. The zero-order chi connectivity index (χ0) is 28.0. The number of H-pyrrole nitrogens is 1. The van der Waals surface area contributed by atoms with Gasteiger partial charge in [0.25, 0.3) is 5.78 Å². The van der Waals surface area contributed by atoms with E-state index in [1.165, 1.54) is 26.2 Å². The summed E-state index contributed by atoms with van der Waals surface area (Å²) in [6.07, 6.45) is 0. The van der Waals surface area contributed by atoms with Crippen molar-refractivity contribution in [3.63, 3.8) is 0 Å². The van der Waals surface area contributed by atoms with E-state index in [0.29, 0.717) is 39.4 Å². The number of aliphatic hydroxyl groups is 1. The van der Waals surface area contributed by atoms with Crippen LogP contribution in [0, 0.1) is 20.8 Å². The van der Waals surface area contributed by atoms with Crippen LogP contribution < -0.4 is 19.1 Å². The van der Waals surface area contributed by atoms with E-state index in [-0.39, 0.29) is 17.3 Å². The fourth-order valence-electron chi connectivity index (χ4n) is 5.16. The van der Waals surface area contributed by atoms with E-state index in [2.05, 4.69) is 9.97 Å². The number of methoxy groups -OCH3 is 3. The van der Waals surface area contributed by atoms with Crippen LogP contribution in [0.1, 0.15) is 33.9 Å². The van der Waals surface area contributed by atoms with Crippen molar-refractivity contribution in [2.24, 2.45) is 0 Å². The van der Waals surface area contributed by atoms with Crippen LogP contribution in [0.2, 0.25) is 0 Å². The smallest absolute Gasteiger partial charge is 0.302 e. The van der Waals surface area contributed by atoms with Crippen molar-refractivity contribution in [2.75, 3.05) is 26.2 Å². The SMILES string of the molecule is COc1ccc(C2/C(=C(\O)c3cc(C)cc(C)c3OC)C(=O)C(=O)N2c2nc3ccc(C)cc3[nH]2)cc1OC. The molecule has 1 aliphatic rings. The third-order valence-corrected chi connectivity index (χ3v) is 6.90. The average molecular weight is 528 g/mol. The van der Waals surface area contributed by atoms with E-state index in [0.717, 1.165) is 16.7 Å². The van der Waals surface area contributed by atoms with Crippen LogP contribution in [0.4, 0.5) is 5.95 Å². The van der Waals surface area contributed by atoms with Crippen molar-refractivity contribution in [2.45, 2.75) is 26.8 Å². The fourth-order valence-corrected chi connectivity index (χ4v) is 5.16. The lowest BCUT2D eigenvalue weighted by Gasteiger charge is -2.24. The minimum atomic E-state index is -1.02. The maximum Gasteiger partial charge on any atom is 0.302 e. The predicted molar refractivity (Wildman–Crippen MR) is 148 cm³/mol. The molecule has 0 bridgehead atoms. The van der Waals surface area contributed by atoms with Crippen LogP contribution in [-0.2, 0) is 9.59 Å². The number of carbonyl (C=O) groups excluding carboxylic acids is 2. The number of imidazole rings is 1. The lowest BCUT2D eigenvalue weighted by molar-refractivity contribution is -0.132. The second-order valence-corrected chi connectivity index (χ2v) is 9.53. The number of amides is 1. The number of fused-ring (bicyclic) bond motifs is 1. The van der Waals surface area contributed by atoms with Crippen LogP contribution >= 0.6 is 0 Å². The average Bonchev–Trinajstić information content (AvgIpc) is 3.44. The van der Waals surface area contributed by atoms with Gasteiger partial charge in [0, 0.05) is 0 Å². The largest absolute Gasteiger partial charge is 0.507 e. The number of hydrogen-bond donors (Lipinski definition) is 2. The first-order valence-corrected chi connectivity index (χ1v) is 12.3. The van der Waals surface area contributed by atoms with Gasteiger partial charge in [0.15, 0.2) is 11.5 Å². The van der Waals surface area contributed by atoms with E-state index in [4.69, 9.17) is 14.2 Å². The molecule has 1 fully saturated rings. The lowest BCUT2D eigenvalue weighted by Crippen LogP contribution is -2.30. The van der Waals surface area contributed by atoms with Gasteiger partial charge in [0.2, 0.25) is 5.95 Å². The highest BCUT2D eigenvalue weighted by atomic mass is 16.5. The highest BCUT2D eigenvalue weighted by molar-refractivity contribution is 6.51. The number of carbonyl (C=O) groups is 2. The van der Waals surface area contributed by atoms with Gasteiger partial charge in [-0.15, -0.1) is 0 Å². The van der Waals surface area contributed by atoms with Gasteiger partial charge >= 0.3 is 5.91 Å². The van der Waals surface area contributed by atoms with E-state index in [1.54, 1.807) is 24.3 Å². The van der Waals surface area contributed by atoms with Crippen molar-refractivity contribution >= 4 is 34.4 Å². The molecule has 2 N–H and O–H groups in total. The zero-order valence-corrected chi connectivity index (χ0v) is 22.6. The van der Waals surface area contributed by atoms with Crippen LogP contribution in [0.3, 0.4) is 0 Å². The topological polar surface area (TPSA) is 114 Å². The number of hydrogen-bond acceptors (Lipinski definition) is 7. The van der Waals surface area contributed by atoms with E-state index in [9.17, 15) is 14.7 Å². The van der Waals surface area contributed by atoms with Gasteiger partial charge in [-0.1, -0.05) is 18.2 Å². The molecule has 2 heterocycles. The predicted octanol–water partition coefficient (Wildman–Crippen LogP) is 5.14. The molecule has 1 unspecified atom stereocenters. The summed E-state index contributed by atoms with van der Waals surface area (Å²) in [6.45, 7) is 5.68. The number of anilines is 1. The first kappa shape index (κ1) is 25.8. The summed E-state index contributed by atoms with van der Waals surface area (Å²) >= 11 is 0. The molecule has 1 amide bonds. The minimum absolute atomic E-state index is 0.0906. The number of ketones is 1. The summed E-state index contributed by atoms with van der Waals surface area (Å²) in [5.74, 6) is -0.525. The Morgan fingerprint density at radius 3 is 2.33 bits per heavy atom. The molecule has 1 atom stereocenters.